The number of hydrogen-bond donors (Lipinski definition) is 1. The Morgan fingerprint density at radius 1 is 0.861 bits per heavy atom. The largest absolute Gasteiger partial charge is 0.382 e. The molecule has 2 aromatic heterocycles. The SMILES string of the molecule is CC1(C)OC[C@H](c2cnc(CC(=O)C(C)(C)C)cn2)O1.CC1(C)OC[C@H](c2cnc(N)cn2)O1.S.S. The minimum Gasteiger partial charge on any atom is -0.382 e. The summed E-state index contributed by atoms with van der Waals surface area (Å²) in [6, 6.07) is 0. The van der Waals surface area contributed by atoms with E-state index in [1.807, 2.05) is 48.5 Å². The molecule has 2 atom stereocenters. The normalized spacial score (nSPS) is 22.0. The predicted molar refractivity (Wildman–Crippen MR) is 145 cm³/mol. The summed E-state index contributed by atoms with van der Waals surface area (Å²) in [4.78, 5) is 28.7. The monoisotopic (exact) mass is 541 g/mol. The number of carbonyl (C=O) groups is 1. The van der Waals surface area contributed by atoms with Gasteiger partial charge in [-0.05, 0) is 27.7 Å². The first-order valence-electron chi connectivity index (χ1n) is 11.3. The third kappa shape index (κ3) is 9.24. The van der Waals surface area contributed by atoms with E-state index in [0.717, 1.165) is 11.4 Å². The quantitative estimate of drug-likeness (QED) is 0.613. The molecular weight excluding hydrogens is 502 g/mol. The average molecular weight is 542 g/mol. The summed E-state index contributed by atoms with van der Waals surface area (Å²) >= 11 is 0. The summed E-state index contributed by atoms with van der Waals surface area (Å²) in [7, 11) is 0. The molecular formula is C24H39N5O5S2. The Hall–Kier alpha value is -1.83. The van der Waals surface area contributed by atoms with Crippen molar-refractivity contribution < 1.29 is 23.7 Å². The summed E-state index contributed by atoms with van der Waals surface area (Å²) < 4.78 is 22.2. The van der Waals surface area contributed by atoms with Crippen LogP contribution in [0.4, 0.5) is 5.82 Å². The predicted octanol–water partition coefficient (Wildman–Crippen LogP) is 3.57. The highest BCUT2D eigenvalue weighted by Crippen LogP contribution is 2.32. The van der Waals surface area contributed by atoms with Gasteiger partial charge in [0.2, 0.25) is 0 Å². The van der Waals surface area contributed by atoms with Crippen LogP contribution in [0.1, 0.15) is 77.8 Å². The van der Waals surface area contributed by atoms with Crippen molar-refractivity contribution in [3.63, 3.8) is 0 Å². The minimum atomic E-state index is -0.576. The van der Waals surface area contributed by atoms with E-state index in [-0.39, 0.29) is 50.4 Å². The van der Waals surface area contributed by atoms with E-state index >= 15 is 0 Å². The van der Waals surface area contributed by atoms with E-state index in [4.69, 9.17) is 24.7 Å². The lowest BCUT2D eigenvalue weighted by atomic mass is 9.88. The molecule has 2 saturated heterocycles. The lowest BCUT2D eigenvalue weighted by Gasteiger charge is -2.17. The fourth-order valence-corrected chi connectivity index (χ4v) is 3.23. The van der Waals surface area contributed by atoms with Gasteiger partial charge in [0.05, 0.1) is 55.3 Å². The van der Waals surface area contributed by atoms with Crippen molar-refractivity contribution in [1.82, 2.24) is 19.9 Å². The molecule has 4 rings (SSSR count). The zero-order valence-electron chi connectivity index (χ0n) is 22.0. The first-order valence-corrected chi connectivity index (χ1v) is 11.3. The van der Waals surface area contributed by atoms with Gasteiger partial charge in [0.15, 0.2) is 11.6 Å². The lowest BCUT2D eigenvalue weighted by molar-refractivity contribution is -0.140. The van der Waals surface area contributed by atoms with E-state index in [0.29, 0.717) is 31.1 Å². The number of ether oxygens (including phenoxy) is 4. The smallest absolute Gasteiger partial charge is 0.163 e. The summed E-state index contributed by atoms with van der Waals surface area (Å²) in [5.41, 5.74) is 7.26. The van der Waals surface area contributed by atoms with Gasteiger partial charge in [-0.15, -0.1) is 0 Å². The molecule has 0 spiro atoms. The molecule has 4 heterocycles. The number of nitrogen functional groups attached to an aromatic ring is 1. The van der Waals surface area contributed by atoms with Crippen LogP contribution in [0.2, 0.25) is 0 Å². The Morgan fingerprint density at radius 3 is 1.67 bits per heavy atom. The maximum Gasteiger partial charge on any atom is 0.163 e. The van der Waals surface area contributed by atoms with E-state index < -0.39 is 11.6 Å². The average Bonchev–Trinajstić information content (AvgIpc) is 3.30. The number of nitrogens with zero attached hydrogens (tertiary/aromatic N) is 4. The fourth-order valence-electron chi connectivity index (χ4n) is 3.23. The molecule has 0 amide bonds. The molecule has 0 aliphatic carbocycles. The molecule has 2 aromatic rings. The molecule has 0 saturated carbocycles. The molecule has 0 radical (unpaired) electrons. The third-order valence-electron chi connectivity index (χ3n) is 5.27. The number of nitrogens with two attached hydrogens (primary N) is 1. The third-order valence-corrected chi connectivity index (χ3v) is 5.27. The molecule has 0 aromatic carbocycles. The van der Waals surface area contributed by atoms with Crippen LogP contribution in [0, 0.1) is 5.41 Å². The van der Waals surface area contributed by atoms with Crippen molar-refractivity contribution in [1.29, 1.82) is 0 Å². The molecule has 10 nitrogen and oxygen atoms in total. The van der Waals surface area contributed by atoms with Crippen LogP contribution in [0.3, 0.4) is 0 Å². The number of rotatable bonds is 4. The van der Waals surface area contributed by atoms with Gasteiger partial charge in [-0.1, -0.05) is 20.8 Å². The molecule has 12 heteroatoms. The van der Waals surface area contributed by atoms with Gasteiger partial charge in [0.25, 0.3) is 0 Å². The summed E-state index contributed by atoms with van der Waals surface area (Å²) in [6.07, 6.45) is 6.43. The highest BCUT2D eigenvalue weighted by atomic mass is 32.1. The van der Waals surface area contributed by atoms with E-state index in [1.54, 1.807) is 18.6 Å². The highest BCUT2D eigenvalue weighted by Gasteiger charge is 2.35. The van der Waals surface area contributed by atoms with Crippen LogP contribution in [0.5, 0.6) is 0 Å². The van der Waals surface area contributed by atoms with Crippen molar-refractivity contribution in [2.75, 3.05) is 18.9 Å². The minimum absolute atomic E-state index is 0. The first-order chi connectivity index (χ1) is 15.7. The van der Waals surface area contributed by atoms with Crippen molar-refractivity contribution in [2.45, 2.75) is 78.7 Å². The van der Waals surface area contributed by atoms with Crippen LogP contribution in [0.15, 0.2) is 24.8 Å². The van der Waals surface area contributed by atoms with Gasteiger partial charge in [0.1, 0.15) is 23.8 Å². The molecule has 202 valence electrons. The molecule has 2 fully saturated rings. The molecule has 0 bridgehead atoms. The van der Waals surface area contributed by atoms with Crippen molar-refractivity contribution >= 4 is 38.6 Å². The van der Waals surface area contributed by atoms with Crippen molar-refractivity contribution in [3.05, 3.63) is 41.9 Å². The summed E-state index contributed by atoms with van der Waals surface area (Å²) in [5.74, 6) is -0.547. The van der Waals surface area contributed by atoms with Crippen LogP contribution < -0.4 is 5.73 Å². The first kappa shape index (κ1) is 32.2. The lowest BCUT2D eigenvalue weighted by Crippen LogP contribution is -2.22. The number of aromatic nitrogens is 4. The second kappa shape index (κ2) is 12.6. The van der Waals surface area contributed by atoms with E-state index in [9.17, 15) is 4.79 Å². The van der Waals surface area contributed by atoms with Crippen molar-refractivity contribution in [2.24, 2.45) is 5.41 Å². The molecule has 36 heavy (non-hydrogen) atoms. The molecule has 2 N–H and O–H groups in total. The Balaban J connectivity index is 0.000000359. The second-order valence-electron chi connectivity index (χ2n) is 10.3. The van der Waals surface area contributed by atoms with Crippen LogP contribution in [0.25, 0.3) is 0 Å². The van der Waals surface area contributed by atoms with Gasteiger partial charge in [-0.2, -0.15) is 27.0 Å². The number of hydrogen-bond acceptors (Lipinski definition) is 10. The van der Waals surface area contributed by atoms with Gasteiger partial charge < -0.3 is 24.7 Å². The zero-order chi connectivity index (χ0) is 25.1. The molecule has 2 aliphatic rings. The van der Waals surface area contributed by atoms with Crippen molar-refractivity contribution in [3.8, 4) is 0 Å². The Kier molecular flexibility index (Phi) is 11.3. The fraction of sp³-hybridized carbons (Fsp3) is 0.625. The summed E-state index contributed by atoms with van der Waals surface area (Å²) in [5, 5.41) is 0. The number of carbonyl (C=O) groups excluding carboxylic acids is 1. The number of anilines is 1. The Morgan fingerprint density at radius 2 is 1.33 bits per heavy atom. The standard InChI is InChI=1S/C15H22N2O3.C9H13N3O2.2H2S/c1-14(2,3)13(18)6-10-7-17-11(8-16-10)12-9-19-15(4,5)20-12;1-9(2)13-5-7(14-9)6-3-12-8(10)4-11-6;;/h7-8,12H,6,9H2,1-5H3;3-4,7H,5H2,1-2H3,(H2,10,12);2*1H2/t12-;7-;;/m11../s1. The zero-order valence-corrected chi connectivity index (χ0v) is 24.0. The van der Waals surface area contributed by atoms with Crippen LogP contribution in [-0.2, 0) is 30.2 Å². The van der Waals surface area contributed by atoms with E-state index in [1.165, 1.54) is 6.20 Å². The number of ketones is 1. The molecule has 2 aliphatic heterocycles. The maximum absolute atomic E-state index is 11.9. The topological polar surface area (TPSA) is 132 Å². The summed E-state index contributed by atoms with van der Waals surface area (Å²) in [6.45, 7) is 14.2. The van der Waals surface area contributed by atoms with Gasteiger partial charge in [-0.3, -0.25) is 19.7 Å². The Bertz CT molecular complexity index is 982. The van der Waals surface area contributed by atoms with Crippen LogP contribution in [-0.4, -0.2) is 50.5 Å². The van der Waals surface area contributed by atoms with Gasteiger partial charge in [0, 0.05) is 11.6 Å². The second-order valence-corrected chi connectivity index (χ2v) is 10.3. The molecule has 0 unspecified atom stereocenters. The van der Waals surface area contributed by atoms with Gasteiger partial charge in [-0.25, -0.2) is 4.98 Å². The highest BCUT2D eigenvalue weighted by molar-refractivity contribution is 7.59. The van der Waals surface area contributed by atoms with Crippen LogP contribution >= 0.6 is 27.0 Å². The van der Waals surface area contributed by atoms with Gasteiger partial charge >= 0.3 is 0 Å². The van der Waals surface area contributed by atoms with E-state index in [2.05, 4.69) is 19.9 Å². The number of Topliss-reactive ketones (excluding diaryl/α,β-unsaturated/α-hetero) is 1. The Labute approximate surface area is 227 Å². The maximum atomic E-state index is 11.9.